The van der Waals surface area contributed by atoms with Gasteiger partial charge in [-0.1, -0.05) is 0 Å². The van der Waals surface area contributed by atoms with Crippen LogP contribution in [-0.4, -0.2) is 42.1 Å². The average Bonchev–Trinajstić information content (AvgIpc) is 2.16. The Hall–Kier alpha value is -1.69. The van der Waals surface area contributed by atoms with Gasteiger partial charge in [-0.25, -0.2) is 0 Å². The largest absolute Gasteiger partial charge is 0.506 e. The summed E-state index contributed by atoms with van der Waals surface area (Å²) in [6.07, 6.45) is -0.905. The number of carbonyl (C=O) groups is 1. The highest BCUT2D eigenvalue weighted by molar-refractivity contribution is 7.86. The first kappa shape index (κ1) is 15.4. The first-order valence-electron chi connectivity index (χ1n) is 4.45. The topological polar surface area (TPSA) is 166 Å². The minimum Gasteiger partial charge on any atom is -0.506 e. The molecule has 0 spiro atoms. The predicted molar refractivity (Wildman–Crippen MR) is 59.1 cm³/mol. The van der Waals surface area contributed by atoms with Gasteiger partial charge in [-0.3, -0.25) is 13.9 Å². The molecule has 19 heavy (non-hydrogen) atoms. The lowest BCUT2D eigenvalue weighted by Crippen LogP contribution is -2.08. The van der Waals surface area contributed by atoms with Gasteiger partial charge in [0.05, 0.1) is 11.3 Å². The third kappa shape index (κ3) is 3.64. The molecule has 9 nitrogen and oxygen atoms in total. The minimum atomic E-state index is -4.99. The molecule has 1 aromatic rings. The van der Waals surface area contributed by atoms with E-state index in [4.69, 9.17) is 14.2 Å². The van der Waals surface area contributed by atoms with E-state index in [-0.39, 0.29) is 0 Å². The van der Waals surface area contributed by atoms with Crippen molar-refractivity contribution in [3.8, 4) is 5.75 Å². The van der Waals surface area contributed by atoms with Crippen LogP contribution < -0.4 is 0 Å². The molecule has 0 amide bonds. The fraction of sp³-hybridized carbons (Fsp3) is 0.125. The Labute approximate surface area is 107 Å². The van der Waals surface area contributed by atoms with E-state index in [9.17, 15) is 26.7 Å². The SMILES string of the molecule is O=C(O)Cc1cc(S(=O)(=O)O)cc(S(=O)(=O)O)c1O. The number of rotatable bonds is 4. The number of benzene rings is 1. The third-order valence-electron chi connectivity index (χ3n) is 2.04. The van der Waals surface area contributed by atoms with Crippen LogP contribution in [0.5, 0.6) is 5.75 Å². The van der Waals surface area contributed by atoms with Crippen molar-refractivity contribution in [3.05, 3.63) is 17.7 Å². The normalized spacial score (nSPS) is 12.3. The van der Waals surface area contributed by atoms with Crippen LogP contribution in [0.1, 0.15) is 5.56 Å². The maximum Gasteiger partial charge on any atom is 0.307 e. The van der Waals surface area contributed by atoms with Crippen LogP contribution in [0.2, 0.25) is 0 Å². The van der Waals surface area contributed by atoms with Crippen molar-refractivity contribution in [1.82, 2.24) is 0 Å². The highest BCUT2D eigenvalue weighted by Gasteiger charge is 2.24. The average molecular weight is 312 g/mol. The molecule has 0 aromatic heterocycles. The highest BCUT2D eigenvalue weighted by atomic mass is 32.2. The van der Waals surface area contributed by atoms with Crippen LogP contribution in [0.4, 0.5) is 0 Å². The monoisotopic (exact) mass is 312 g/mol. The van der Waals surface area contributed by atoms with Gasteiger partial charge in [0.25, 0.3) is 20.2 Å². The van der Waals surface area contributed by atoms with E-state index < -0.39 is 53.7 Å². The van der Waals surface area contributed by atoms with E-state index in [1.807, 2.05) is 0 Å². The van der Waals surface area contributed by atoms with Crippen molar-refractivity contribution in [2.75, 3.05) is 0 Å². The molecule has 11 heteroatoms. The van der Waals surface area contributed by atoms with Gasteiger partial charge in [0.2, 0.25) is 0 Å². The first-order valence-corrected chi connectivity index (χ1v) is 7.33. The van der Waals surface area contributed by atoms with E-state index in [0.29, 0.717) is 12.1 Å². The van der Waals surface area contributed by atoms with Crippen LogP contribution in [0.3, 0.4) is 0 Å². The summed E-state index contributed by atoms with van der Waals surface area (Å²) in [6, 6.07) is 0.902. The summed E-state index contributed by atoms with van der Waals surface area (Å²) in [5.41, 5.74) is -0.588. The summed E-state index contributed by atoms with van der Waals surface area (Å²) in [6.45, 7) is 0. The summed E-state index contributed by atoms with van der Waals surface area (Å²) >= 11 is 0. The summed E-state index contributed by atoms with van der Waals surface area (Å²) < 4.78 is 61.3. The van der Waals surface area contributed by atoms with Gasteiger partial charge in [-0.05, 0) is 12.1 Å². The Balaban J connectivity index is 3.71. The molecule has 0 radical (unpaired) electrons. The van der Waals surface area contributed by atoms with Crippen LogP contribution in [0.15, 0.2) is 21.9 Å². The van der Waals surface area contributed by atoms with E-state index in [2.05, 4.69) is 0 Å². The van der Waals surface area contributed by atoms with E-state index in [0.717, 1.165) is 0 Å². The minimum absolute atomic E-state index is 0.311. The highest BCUT2D eigenvalue weighted by Crippen LogP contribution is 2.30. The Kier molecular flexibility index (Phi) is 3.86. The second-order valence-corrected chi connectivity index (χ2v) is 6.26. The molecular formula is C8H8O9S2. The van der Waals surface area contributed by atoms with Crippen molar-refractivity contribution in [2.45, 2.75) is 16.2 Å². The zero-order valence-corrected chi connectivity index (χ0v) is 10.6. The number of carboxylic acid groups (broad SMARTS) is 1. The van der Waals surface area contributed by atoms with Crippen LogP contribution >= 0.6 is 0 Å². The van der Waals surface area contributed by atoms with Gasteiger partial charge in [0.1, 0.15) is 10.6 Å². The first-order chi connectivity index (χ1) is 8.43. The van der Waals surface area contributed by atoms with Crippen molar-refractivity contribution in [2.24, 2.45) is 0 Å². The summed E-state index contributed by atoms with van der Waals surface area (Å²) in [4.78, 5) is 8.33. The van der Waals surface area contributed by atoms with E-state index in [1.54, 1.807) is 0 Å². The third-order valence-corrected chi connectivity index (χ3v) is 3.74. The number of aromatic hydroxyl groups is 1. The number of phenols is 1. The van der Waals surface area contributed by atoms with Gasteiger partial charge >= 0.3 is 5.97 Å². The summed E-state index contributed by atoms with van der Waals surface area (Å²) in [5.74, 6) is -2.58. The molecule has 0 heterocycles. The molecule has 4 N–H and O–H groups in total. The summed E-state index contributed by atoms with van der Waals surface area (Å²) in [5, 5.41) is 18.0. The van der Waals surface area contributed by atoms with Gasteiger partial charge in [0, 0.05) is 5.56 Å². The lowest BCUT2D eigenvalue weighted by Gasteiger charge is -2.08. The second-order valence-electron chi connectivity index (χ2n) is 3.45. The summed E-state index contributed by atoms with van der Waals surface area (Å²) in [7, 11) is -9.83. The smallest absolute Gasteiger partial charge is 0.307 e. The number of phenolic OH excluding ortho intramolecular Hbond substituents is 1. The number of aliphatic carboxylic acids is 1. The Morgan fingerprint density at radius 3 is 1.95 bits per heavy atom. The Morgan fingerprint density at radius 1 is 1.05 bits per heavy atom. The number of carboxylic acids is 1. The van der Waals surface area contributed by atoms with Crippen molar-refractivity contribution < 1.29 is 40.9 Å². The second kappa shape index (κ2) is 4.77. The zero-order valence-electron chi connectivity index (χ0n) is 9.01. The van der Waals surface area contributed by atoms with Gasteiger partial charge in [-0.2, -0.15) is 16.8 Å². The fourth-order valence-electron chi connectivity index (χ4n) is 1.28. The zero-order chi connectivity index (χ0) is 15.0. The molecule has 0 saturated carbocycles. The molecule has 106 valence electrons. The fourth-order valence-corrected chi connectivity index (χ4v) is 2.56. The molecule has 1 aromatic carbocycles. The molecular weight excluding hydrogens is 304 g/mol. The maximum atomic E-state index is 10.9. The maximum absolute atomic E-state index is 10.9. The lowest BCUT2D eigenvalue weighted by molar-refractivity contribution is -0.136. The molecule has 0 aliphatic rings. The molecule has 0 bridgehead atoms. The predicted octanol–water partition coefficient (Wildman–Crippen LogP) is -0.487. The van der Waals surface area contributed by atoms with Crippen LogP contribution in [-0.2, 0) is 31.5 Å². The molecule has 1 rings (SSSR count). The van der Waals surface area contributed by atoms with Crippen molar-refractivity contribution in [1.29, 1.82) is 0 Å². The van der Waals surface area contributed by atoms with E-state index >= 15 is 0 Å². The lowest BCUT2D eigenvalue weighted by atomic mass is 10.1. The molecule has 0 atom stereocenters. The molecule has 0 unspecified atom stereocenters. The number of hydrogen-bond acceptors (Lipinski definition) is 6. The molecule has 0 fully saturated rings. The van der Waals surface area contributed by atoms with Gasteiger partial charge < -0.3 is 10.2 Å². The van der Waals surface area contributed by atoms with Crippen LogP contribution in [0.25, 0.3) is 0 Å². The standard InChI is InChI=1S/C8H8O9S2/c9-7(10)2-4-1-5(18(12,13)14)3-6(8(4)11)19(15,16)17/h1,3,11H,2H2,(H,9,10)(H,12,13,14)(H,15,16,17). The van der Waals surface area contributed by atoms with Gasteiger partial charge in [-0.15, -0.1) is 0 Å². The Bertz CT molecular complexity index is 730. The van der Waals surface area contributed by atoms with Crippen molar-refractivity contribution >= 4 is 26.2 Å². The van der Waals surface area contributed by atoms with Gasteiger partial charge in [0.15, 0.2) is 0 Å². The molecule has 0 aliphatic heterocycles. The quantitative estimate of drug-likeness (QED) is 0.536. The Morgan fingerprint density at radius 2 is 1.58 bits per heavy atom. The number of hydrogen-bond donors (Lipinski definition) is 4. The molecule has 0 aliphatic carbocycles. The molecule has 0 saturated heterocycles. The van der Waals surface area contributed by atoms with E-state index in [1.165, 1.54) is 0 Å². The van der Waals surface area contributed by atoms with Crippen molar-refractivity contribution in [3.63, 3.8) is 0 Å². The van der Waals surface area contributed by atoms with Crippen LogP contribution in [0, 0.1) is 0 Å².